The molecule has 0 aromatic heterocycles. The molecular formula is C15H21F4NO. The number of hydrogen-bond donors (Lipinski definition) is 1. The molecule has 0 spiro atoms. The summed E-state index contributed by atoms with van der Waals surface area (Å²) in [4.78, 5) is 0. The highest BCUT2D eigenvalue weighted by atomic mass is 19.3. The molecule has 0 aliphatic heterocycles. The standard InChI is InChI=1S/C15H21F4NO/c1-3-7-20-12(6-8-21-9-13(17)18)14-11(16)5-4-10(2)15(14)19/h4-5,12-13,20H,3,6-9H2,1-2H3. The summed E-state index contributed by atoms with van der Waals surface area (Å²) in [6.45, 7) is 3.41. The van der Waals surface area contributed by atoms with Gasteiger partial charge in [-0.15, -0.1) is 0 Å². The number of nitrogens with one attached hydrogen (secondary N) is 1. The van der Waals surface area contributed by atoms with Gasteiger partial charge in [-0.25, -0.2) is 17.6 Å². The Morgan fingerprint density at radius 1 is 1.24 bits per heavy atom. The van der Waals surface area contributed by atoms with Crippen molar-refractivity contribution in [1.29, 1.82) is 0 Å². The van der Waals surface area contributed by atoms with Gasteiger partial charge in [0.2, 0.25) is 0 Å². The first-order valence-electron chi connectivity index (χ1n) is 7.01. The Hall–Kier alpha value is -1.14. The Morgan fingerprint density at radius 2 is 1.95 bits per heavy atom. The van der Waals surface area contributed by atoms with Gasteiger partial charge in [0, 0.05) is 18.2 Å². The van der Waals surface area contributed by atoms with Gasteiger partial charge in [-0.05, 0) is 37.9 Å². The van der Waals surface area contributed by atoms with Gasteiger partial charge >= 0.3 is 0 Å². The molecule has 0 fully saturated rings. The highest BCUT2D eigenvalue weighted by molar-refractivity contribution is 5.29. The average molecular weight is 307 g/mol. The molecule has 1 aromatic rings. The first-order valence-corrected chi connectivity index (χ1v) is 7.01. The van der Waals surface area contributed by atoms with Gasteiger partial charge in [0.05, 0.1) is 0 Å². The van der Waals surface area contributed by atoms with Gasteiger partial charge in [0.15, 0.2) is 0 Å². The van der Waals surface area contributed by atoms with Crippen LogP contribution in [0.4, 0.5) is 17.6 Å². The summed E-state index contributed by atoms with van der Waals surface area (Å²) in [5.41, 5.74) is 0.298. The summed E-state index contributed by atoms with van der Waals surface area (Å²) in [6, 6.07) is 2.00. The van der Waals surface area contributed by atoms with E-state index in [1.165, 1.54) is 12.1 Å². The van der Waals surface area contributed by atoms with Crippen LogP contribution in [-0.4, -0.2) is 26.2 Å². The fraction of sp³-hybridized carbons (Fsp3) is 0.600. The number of rotatable bonds is 9. The molecule has 0 radical (unpaired) electrons. The predicted octanol–water partition coefficient (Wildman–Crippen LogP) is 3.99. The van der Waals surface area contributed by atoms with Crippen molar-refractivity contribution < 1.29 is 22.3 Å². The quantitative estimate of drug-likeness (QED) is 0.550. The SMILES string of the molecule is CCCNC(CCOCC(F)F)c1c(F)ccc(C)c1F. The summed E-state index contributed by atoms with van der Waals surface area (Å²) in [5.74, 6) is -1.24. The maximum atomic E-state index is 14.1. The third-order valence-electron chi connectivity index (χ3n) is 3.10. The molecule has 0 aliphatic rings. The topological polar surface area (TPSA) is 21.3 Å². The first kappa shape index (κ1) is 17.9. The van der Waals surface area contributed by atoms with Crippen molar-refractivity contribution in [3.63, 3.8) is 0 Å². The third-order valence-corrected chi connectivity index (χ3v) is 3.10. The Bertz CT molecular complexity index is 440. The van der Waals surface area contributed by atoms with Gasteiger partial charge in [-0.1, -0.05) is 13.0 Å². The summed E-state index contributed by atoms with van der Waals surface area (Å²) < 4.78 is 56.9. The van der Waals surface area contributed by atoms with Crippen LogP contribution < -0.4 is 5.32 Å². The van der Waals surface area contributed by atoms with Crippen molar-refractivity contribution in [3.05, 3.63) is 34.9 Å². The van der Waals surface area contributed by atoms with Crippen molar-refractivity contribution in [3.8, 4) is 0 Å². The lowest BCUT2D eigenvalue weighted by Gasteiger charge is -2.21. The number of alkyl halides is 2. The Kier molecular flexibility index (Phi) is 7.67. The lowest BCUT2D eigenvalue weighted by Crippen LogP contribution is -2.26. The average Bonchev–Trinajstić information content (AvgIpc) is 2.44. The lowest BCUT2D eigenvalue weighted by atomic mass is 10.00. The third kappa shape index (κ3) is 5.63. The zero-order valence-corrected chi connectivity index (χ0v) is 12.3. The van der Waals surface area contributed by atoms with E-state index in [1.54, 1.807) is 6.92 Å². The molecule has 1 unspecified atom stereocenters. The van der Waals surface area contributed by atoms with E-state index in [2.05, 4.69) is 5.32 Å². The summed E-state index contributed by atoms with van der Waals surface area (Å²) in [7, 11) is 0. The fourth-order valence-electron chi connectivity index (χ4n) is 2.04. The molecule has 2 nitrogen and oxygen atoms in total. The van der Waals surface area contributed by atoms with E-state index in [4.69, 9.17) is 4.74 Å². The van der Waals surface area contributed by atoms with Crippen LogP contribution in [0.2, 0.25) is 0 Å². The summed E-state index contributed by atoms with van der Waals surface area (Å²) >= 11 is 0. The molecule has 0 saturated carbocycles. The van der Waals surface area contributed by atoms with Gasteiger partial charge in [-0.3, -0.25) is 0 Å². The minimum absolute atomic E-state index is 0.0124. The van der Waals surface area contributed by atoms with Gasteiger partial charge in [-0.2, -0.15) is 0 Å². The number of hydrogen-bond acceptors (Lipinski definition) is 2. The van der Waals surface area contributed by atoms with Gasteiger partial charge in [0.25, 0.3) is 6.43 Å². The van der Waals surface area contributed by atoms with Crippen LogP contribution >= 0.6 is 0 Å². The molecule has 0 amide bonds. The van der Waals surface area contributed by atoms with Gasteiger partial charge in [0.1, 0.15) is 18.2 Å². The summed E-state index contributed by atoms with van der Waals surface area (Å²) in [5, 5.41) is 3.04. The Labute approximate surface area is 122 Å². The zero-order valence-electron chi connectivity index (χ0n) is 12.3. The monoisotopic (exact) mass is 307 g/mol. The maximum Gasteiger partial charge on any atom is 0.261 e. The molecule has 1 aromatic carbocycles. The molecule has 0 saturated heterocycles. The van der Waals surface area contributed by atoms with E-state index in [9.17, 15) is 17.6 Å². The normalized spacial score (nSPS) is 12.9. The van der Waals surface area contributed by atoms with E-state index in [-0.39, 0.29) is 18.6 Å². The second-order valence-corrected chi connectivity index (χ2v) is 4.85. The zero-order chi connectivity index (χ0) is 15.8. The van der Waals surface area contributed by atoms with Crippen LogP contribution in [0.3, 0.4) is 0 Å². The van der Waals surface area contributed by atoms with E-state index >= 15 is 0 Å². The lowest BCUT2D eigenvalue weighted by molar-refractivity contribution is 0.0142. The van der Waals surface area contributed by atoms with E-state index in [0.717, 1.165) is 6.42 Å². The second kappa shape index (κ2) is 9.00. The molecule has 0 heterocycles. The first-order chi connectivity index (χ1) is 9.97. The highest BCUT2D eigenvalue weighted by Gasteiger charge is 2.21. The van der Waals surface area contributed by atoms with Crippen LogP contribution in [0.15, 0.2) is 12.1 Å². The minimum atomic E-state index is -2.54. The van der Waals surface area contributed by atoms with E-state index in [1.807, 2.05) is 6.92 Å². The molecule has 0 bridgehead atoms. The summed E-state index contributed by atoms with van der Waals surface area (Å²) in [6.07, 6.45) is -1.52. The second-order valence-electron chi connectivity index (χ2n) is 4.85. The van der Waals surface area contributed by atoms with Crippen molar-refractivity contribution >= 4 is 0 Å². The molecule has 6 heteroatoms. The van der Waals surface area contributed by atoms with E-state index in [0.29, 0.717) is 12.1 Å². The van der Waals surface area contributed by atoms with Crippen LogP contribution in [-0.2, 0) is 4.74 Å². The number of aryl methyl sites for hydroxylation is 1. The smallest absolute Gasteiger partial charge is 0.261 e. The van der Waals surface area contributed by atoms with Crippen LogP contribution in [0, 0.1) is 18.6 Å². The molecular weight excluding hydrogens is 286 g/mol. The maximum absolute atomic E-state index is 14.1. The largest absolute Gasteiger partial charge is 0.375 e. The molecule has 1 atom stereocenters. The van der Waals surface area contributed by atoms with Crippen molar-refractivity contribution in [2.45, 2.75) is 39.2 Å². The van der Waals surface area contributed by atoms with Crippen molar-refractivity contribution in [2.75, 3.05) is 19.8 Å². The number of ether oxygens (including phenoxy) is 1. The molecule has 120 valence electrons. The number of benzene rings is 1. The number of halogens is 4. The highest BCUT2D eigenvalue weighted by Crippen LogP contribution is 2.25. The Morgan fingerprint density at radius 3 is 2.57 bits per heavy atom. The Balaban J connectivity index is 2.79. The van der Waals surface area contributed by atoms with Crippen LogP contribution in [0.5, 0.6) is 0 Å². The molecule has 1 N–H and O–H groups in total. The van der Waals surface area contributed by atoms with Crippen LogP contribution in [0.25, 0.3) is 0 Å². The predicted molar refractivity (Wildman–Crippen MR) is 73.6 cm³/mol. The van der Waals surface area contributed by atoms with Crippen molar-refractivity contribution in [2.24, 2.45) is 0 Å². The van der Waals surface area contributed by atoms with Gasteiger partial charge < -0.3 is 10.1 Å². The van der Waals surface area contributed by atoms with Crippen LogP contribution in [0.1, 0.15) is 36.9 Å². The molecule has 1 rings (SSSR count). The molecule has 21 heavy (non-hydrogen) atoms. The van der Waals surface area contributed by atoms with Crippen molar-refractivity contribution in [1.82, 2.24) is 5.32 Å². The minimum Gasteiger partial charge on any atom is -0.375 e. The fourth-order valence-corrected chi connectivity index (χ4v) is 2.04. The van der Waals surface area contributed by atoms with E-state index < -0.39 is 30.7 Å². The molecule has 0 aliphatic carbocycles.